The minimum atomic E-state index is -0.497. The molecule has 4 rings (SSSR count). The van der Waals surface area contributed by atoms with Gasteiger partial charge in [0.25, 0.3) is 0 Å². The molecule has 0 unspecified atom stereocenters. The molecule has 0 radical (unpaired) electrons. The van der Waals surface area contributed by atoms with E-state index in [2.05, 4.69) is 31.2 Å². The van der Waals surface area contributed by atoms with Crippen LogP contribution >= 0.6 is 0 Å². The largest absolute Gasteiger partial charge is 0.278 e. The van der Waals surface area contributed by atoms with Crippen LogP contribution in [-0.2, 0) is 11.3 Å². The van der Waals surface area contributed by atoms with Gasteiger partial charge in [-0.1, -0.05) is 12.1 Å². The van der Waals surface area contributed by atoms with E-state index in [0.29, 0.717) is 13.3 Å². The molecule has 0 spiro atoms. The molecule has 0 saturated carbocycles. The monoisotopic (exact) mass is 268 g/mol. The van der Waals surface area contributed by atoms with Crippen molar-refractivity contribution in [3.8, 4) is 0 Å². The van der Waals surface area contributed by atoms with Gasteiger partial charge in [0.1, 0.15) is 0 Å². The third-order valence-corrected chi connectivity index (χ3v) is 4.07. The summed E-state index contributed by atoms with van der Waals surface area (Å²) >= 11 is 0. The smallest absolute Gasteiger partial charge is 0.153 e. The Hall–Kier alpha value is -1.86. The summed E-state index contributed by atoms with van der Waals surface area (Å²) in [6, 6.07) is 11.9. The van der Waals surface area contributed by atoms with Gasteiger partial charge in [0, 0.05) is 25.7 Å². The highest BCUT2D eigenvalue weighted by atomic mass is 15.5. The summed E-state index contributed by atoms with van der Waals surface area (Å²) in [7, 11) is 0. The van der Waals surface area contributed by atoms with Crippen LogP contribution in [0.25, 0.3) is 0 Å². The molecule has 2 aliphatic heterocycles. The Labute approximate surface area is 117 Å². The van der Waals surface area contributed by atoms with Crippen molar-refractivity contribution >= 4 is 0 Å². The van der Waals surface area contributed by atoms with E-state index in [4.69, 9.17) is 0 Å². The van der Waals surface area contributed by atoms with Gasteiger partial charge in [-0.15, -0.1) is 0 Å². The highest BCUT2D eigenvalue weighted by Crippen LogP contribution is 2.40. The Morgan fingerprint density at radius 2 is 1.15 bits per heavy atom. The van der Waals surface area contributed by atoms with Crippen LogP contribution in [0.4, 0.5) is 0 Å². The Morgan fingerprint density at radius 3 is 1.50 bits per heavy atom. The van der Waals surface area contributed by atoms with Gasteiger partial charge in [0.15, 0.2) is 11.3 Å². The Bertz CT molecular complexity index is 536. The first-order valence-corrected chi connectivity index (χ1v) is 6.71. The first kappa shape index (κ1) is 11.9. The summed E-state index contributed by atoms with van der Waals surface area (Å²) in [6.07, 6.45) is 3.63. The number of fused-ring (bicyclic) bond motifs is 1. The predicted octanol–water partition coefficient (Wildman–Crippen LogP) is -0.217. The summed E-state index contributed by atoms with van der Waals surface area (Å²) in [6.45, 7) is 1.35. The van der Waals surface area contributed by atoms with E-state index >= 15 is 0 Å². The second-order valence-corrected chi connectivity index (χ2v) is 4.99. The molecule has 0 atom stereocenters. The van der Waals surface area contributed by atoms with E-state index in [9.17, 15) is 0 Å². The maximum atomic E-state index is 4.53. The molecule has 2 aromatic heterocycles. The quantitative estimate of drug-likeness (QED) is 0.604. The zero-order valence-corrected chi connectivity index (χ0v) is 10.9. The van der Waals surface area contributed by atoms with Gasteiger partial charge in [-0.05, 0) is 24.3 Å². The summed E-state index contributed by atoms with van der Waals surface area (Å²) in [4.78, 5) is 9.06. The van der Waals surface area contributed by atoms with Crippen molar-refractivity contribution < 1.29 is 0 Å². The van der Waals surface area contributed by atoms with Crippen LogP contribution in [0, 0.1) is 0 Å². The summed E-state index contributed by atoms with van der Waals surface area (Å²) in [5.41, 5.74) is 0.895. The summed E-state index contributed by atoms with van der Waals surface area (Å²) < 4.78 is 0. The minimum Gasteiger partial charge on any atom is -0.278 e. The van der Waals surface area contributed by atoms with E-state index in [1.165, 1.54) is 0 Å². The first-order valence-electron chi connectivity index (χ1n) is 6.71. The second-order valence-electron chi connectivity index (χ2n) is 4.99. The van der Waals surface area contributed by atoms with Gasteiger partial charge < -0.3 is 0 Å². The average molecular weight is 268 g/mol. The Kier molecular flexibility index (Phi) is 2.58. The Balaban J connectivity index is 1.90. The lowest BCUT2D eigenvalue weighted by Gasteiger charge is -2.38. The molecule has 0 bridgehead atoms. The van der Waals surface area contributed by atoms with Crippen LogP contribution in [0.5, 0.6) is 0 Å². The van der Waals surface area contributed by atoms with Crippen LogP contribution in [0.2, 0.25) is 0 Å². The van der Waals surface area contributed by atoms with E-state index in [-0.39, 0.29) is 0 Å². The SMILES string of the molecule is c1ccc(C23NCNC2(c2ccccn2)NCN3)nc1. The van der Waals surface area contributed by atoms with Crippen LogP contribution in [0.1, 0.15) is 11.4 Å². The van der Waals surface area contributed by atoms with Crippen molar-refractivity contribution in [3.63, 3.8) is 0 Å². The molecule has 2 saturated heterocycles. The number of pyridine rings is 2. The first-order chi connectivity index (χ1) is 9.87. The van der Waals surface area contributed by atoms with Crippen LogP contribution in [0.3, 0.4) is 0 Å². The molecular weight excluding hydrogens is 252 g/mol. The molecule has 4 heterocycles. The number of hydrogen-bond acceptors (Lipinski definition) is 6. The molecular formula is C14H16N6. The summed E-state index contributed by atoms with van der Waals surface area (Å²) in [5.74, 6) is 0. The molecule has 2 fully saturated rings. The molecule has 0 aliphatic carbocycles. The second kappa shape index (κ2) is 4.32. The number of nitrogens with one attached hydrogen (secondary N) is 4. The topological polar surface area (TPSA) is 73.9 Å². The number of aromatic nitrogens is 2. The third-order valence-electron chi connectivity index (χ3n) is 4.07. The predicted molar refractivity (Wildman–Crippen MR) is 74.1 cm³/mol. The van der Waals surface area contributed by atoms with E-state index in [1.54, 1.807) is 0 Å². The number of hydrogen-bond donors (Lipinski definition) is 4. The molecule has 2 aromatic rings. The van der Waals surface area contributed by atoms with Crippen molar-refractivity contribution in [3.05, 3.63) is 60.2 Å². The lowest BCUT2D eigenvalue weighted by Crippen LogP contribution is -2.61. The van der Waals surface area contributed by atoms with Crippen molar-refractivity contribution in [2.75, 3.05) is 13.3 Å². The van der Waals surface area contributed by atoms with Crippen LogP contribution in [-0.4, -0.2) is 23.3 Å². The molecule has 4 N–H and O–H groups in total. The molecule has 2 aliphatic rings. The highest BCUT2D eigenvalue weighted by molar-refractivity contribution is 5.33. The van der Waals surface area contributed by atoms with Crippen LogP contribution in [0.15, 0.2) is 48.8 Å². The van der Waals surface area contributed by atoms with Gasteiger partial charge in [0.05, 0.1) is 11.4 Å². The third kappa shape index (κ3) is 1.41. The molecule has 102 valence electrons. The maximum absolute atomic E-state index is 4.53. The standard InChI is InChI=1S/C14H16N6/c1-3-7-15-11(5-1)13-14(19-9-17-13,20-10-18-13)12-6-2-4-8-16-12/h1-8,17-20H,9-10H2. The number of nitrogens with zero attached hydrogens (tertiary/aromatic N) is 2. The molecule has 20 heavy (non-hydrogen) atoms. The fourth-order valence-electron chi connectivity index (χ4n) is 3.19. The fraction of sp³-hybridized carbons (Fsp3) is 0.286. The molecule has 0 amide bonds. The van der Waals surface area contributed by atoms with E-state index in [0.717, 1.165) is 11.4 Å². The summed E-state index contributed by atoms with van der Waals surface area (Å²) in [5, 5.41) is 14.0. The van der Waals surface area contributed by atoms with Gasteiger partial charge in [0.2, 0.25) is 0 Å². The molecule has 6 nitrogen and oxygen atoms in total. The van der Waals surface area contributed by atoms with Gasteiger partial charge in [-0.3, -0.25) is 31.2 Å². The maximum Gasteiger partial charge on any atom is 0.153 e. The minimum absolute atomic E-state index is 0.497. The van der Waals surface area contributed by atoms with E-state index < -0.39 is 11.3 Å². The Morgan fingerprint density at radius 1 is 0.700 bits per heavy atom. The average Bonchev–Trinajstić information content (AvgIpc) is 3.06. The van der Waals surface area contributed by atoms with Crippen molar-refractivity contribution in [1.29, 1.82) is 0 Å². The number of rotatable bonds is 2. The van der Waals surface area contributed by atoms with Gasteiger partial charge >= 0.3 is 0 Å². The van der Waals surface area contributed by atoms with Crippen molar-refractivity contribution in [1.82, 2.24) is 31.2 Å². The lowest BCUT2D eigenvalue weighted by atomic mass is 9.88. The molecule has 6 heteroatoms. The van der Waals surface area contributed by atoms with Gasteiger partial charge in [-0.25, -0.2) is 0 Å². The molecule has 0 aromatic carbocycles. The zero-order valence-electron chi connectivity index (χ0n) is 10.9. The van der Waals surface area contributed by atoms with Crippen molar-refractivity contribution in [2.24, 2.45) is 0 Å². The highest BCUT2D eigenvalue weighted by Gasteiger charge is 2.62. The van der Waals surface area contributed by atoms with E-state index in [1.807, 2.05) is 48.8 Å². The normalized spacial score (nSPS) is 32.2. The fourth-order valence-corrected chi connectivity index (χ4v) is 3.19. The van der Waals surface area contributed by atoms with Gasteiger partial charge in [-0.2, -0.15) is 0 Å². The lowest BCUT2D eigenvalue weighted by molar-refractivity contribution is 0.197. The van der Waals surface area contributed by atoms with Crippen molar-refractivity contribution in [2.45, 2.75) is 11.3 Å². The zero-order chi connectivity index (χ0) is 13.5. The van der Waals surface area contributed by atoms with Crippen LogP contribution < -0.4 is 21.3 Å².